The van der Waals surface area contributed by atoms with Crippen LogP contribution in [0.15, 0.2) is 65.6 Å². The number of nitriles is 2. The molecule has 0 aliphatic heterocycles. The van der Waals surface area contributed by atoms with Gasteiger partial charge in [0.05, 0.1) is 12.7 Å². The quantitative estimate of drug-likeness (QED) is 0.444. The van der Waals surface area contributed by atoms with Crippen LogP contribution in [-0.4, -0.2) is 13.0 Å². The SMILES string of the molecule is COc1cccc(/C=C(/C#N)C(=O)Nc2sccc2C#N)c1OCc1ccccc1. The van der Waals surface area contributed by atoms with Crippen LogP contribution in [0.4, 0.5) is 5.00 Å². The number of hydrogen-bond acceptors (Lipinski definition) is 6. The zero-order valence-corrected chi connectivity index (χ0v) is 16.9. The van der Waals surface area contributed by atoms with E-state index in [-0.39, 0.29) is 5.57 Å². The molecule has 30 heavy (non-hydrogen) atoms. The molecule has 0 radical (unpaired) electrons. The van der Waals surface area contributed by atoms with Gasteiger partial charge in [-0.3, -0.25) is 4.79 Å². The summed E-state index contributed by atoms with van der Waals surface area (Å²) in [5.74, 6) is 0.314. The number of carbonyl (C=O) groups is 1. The fraction of sp³-hybridized carbons (Fsp3) is 0.0870. The van der Waals surface area contributed by atoms with Crippen molar-refractivity contribution in [1.29, 1.82) is 10.5 Å². The fourth-order valence-electron chi connectivity index (χ4n) is 2.66. The molecule has 0 aliphatic carbocycles. The van der Waals surface area contributed by atoms with E-state index in [0.717, 1.165) is 5.56 Å². The van der Waals surface area contributed by atoms with E-state index in [1.165, 1.54) is 24.5 Å². The molecule has 0 fully saturated rings. The normalized spacial score (nSPS) is 10.6. The van der Waals surface area contributed by atoms with Crippen LogP contribution in [-0.2, 0) is 11.4 Å². The van der Waals surface area contributed by atoms with Gasteiger partial charge in [0.1, 0.15) is 29.3 Å². The van der Waals surface area contributed by atoms with Crippen LogP contribution in [0, 0.1) is 22.7 Å². The second-order valence-corrected chi connectivity index (χ2v) is 6.97. The van der Waals surface area contributed by atoms with Gasteiger partial charge in [0.25, 0.3) is 5.91 Å². The summed E-state index contributed by atoms with van der Waals surface area (Å²) < 4.78 is 11.4. The van der Waals surface area contributed by atoms with Gasteiger partial charge in [-0.2, -0.15) is 10.5 Å². The Morgan fingerprint density at radius 2 is 1.93 bits per heavy atom. The predicted molar refractivity (Wildman–Crippen MR) is 115 cm³/mol. The molecule has 148 valence electrons. The lowest BCUT2D eigenvalue weighted by molar-refractivity contribution is -0.112. The van der Waals surface area contributed by atoms with Crippen molar-refractivity contribution in [3.63, 3.8) is 0 Å². The summed E-state index contributed by atoms with van der Waals surface area (Å²) in [6.07, 6.45) is 1.44. The van der Waals surface area contributed by atoms with Gasteiger partial charge in [-0.1, -0.05) is 42.5 Å². The van der Waals surface area contributed by atoms with Crippen LogP contribution in [0.25, 0.3) is 6.08 Å². The zero-order valence-electron chi connectivity index (χ0n) is 16.1. The molecule has 0 atom stereocenters. The summed E-state index contributed by atoms with van der Waals surface area (Å²) in [5.41, 5.74) is 1.73. The number of anilines is 1. The molecule has 0 spiro atoms. The van der Waals surface area contributed by atoms with Gasteiger partial charge in [0.2, 0.25) is 0 Å². The number of nitrogens with zero attached hydrogens (tertiary/aromatic N) is 2. The van der Waals surface area contributed by atoms with Crippen LogP contribution >= 0.6 is 11.3 Å². The molecular weight excluding hydrogens is 398 g/mol. The minimum atomic E-state index is -0.603. The molecule has 1 amide bonds. The third-order valence-electron chi connectivity index (χ3n) is 4.13. The third-order valence-corrected chi connectivity index (χ3v) is 4.96. The first-order chi connectivity index (χ1) is 14.7. The molecule has 0 saturated carbocycles. The van der Waals surface area contributed by atoms with E-state index < -0.39 is 5.91 Å². The maximum Gasteiger partial charge on any atom is 0.266 e. The Balaban J connectivity index is 1.89. The first-order valence-corrected chi connectivity index (χ1v) is 9.78. The van der Waals surface area contributed by atoms with Gasteiger partial charge >= 0.3 is 0 Å². The van der Waals surface area contributed by atoms with Crippen molar-refractivity contribution in [2.45, 2.75) is 6.61 Å². The van der Waals surface area contributed by atoms with Crippen molar-refractivity contribution in [3.05, 3.63) is 82.2 Å². The number of thiophene rings is 1. The number of hydrogen-bond donors (Lipinski definition) is 1. The van der Waals surface area contributed by atoms with Gasteiger partial charge in [-0.05, 0) is 29.2 Å². The molecule has 6 nitrogen and oxygen atoms in total. The van der Waals surface area contributed by atoms with Crippen molar-refractivity contribution in [2.24, 2.45) is 0 Å². The highest BCUT2D eigenvalue weighted by Crippen LogP contribution is 2.33. The van der Waals surface area contributed by atoms with E-state index in [4.69, 9.17) is 14.7 Å². The highest BCUT2D eigenvalue weighted by Gasteiger charge is 2.16. The number of benzene rings is 2. The lowest BCUT2D eigenvalue weighted by Gasteiger charge is -2.14. The maximum atomic E-state index is 12.6. The standard InChI is InChI=1S/C23H17N3O3S/c1-28-20-9-5-8-17(21(20)29-15-16-6-3-2-4-7-16)12-19(14-25)22(27)26-23-18(13-24)10-11-30-23/h2-12H,15H2,1H3,(H,26,27)/b19-12-. The average molecular weight is 415 g/mol. The van der Waals surface area contributed by atoms with Gasteiger partial charge in [0.15, 0.2) is 11.5 Å². The number of amides is 1. The van der Waals surface area contributed by atoms with Gasteiger partial charge in [0, 0.05) is 5.56 Å². The van der Waals surface area contributed by atoms with E-state index in [2.05, 4.69) is 5.32 Å². The first kappa shape index (κ1) is 20.7. The molecule has 1 heterocycles. The third kappa shape index (κ3) is 4.85. The topological polar surface area (TPSA) is 95.1 Å². The van der Waals surface area contributed by atoms with E-state index >= 15 is 0 Å². The lowest BCUT2D eigenvalue weighted by atomic mass is 10.1. The molecule has 0 saturated heterocycles. The number of ether oxygens (including phenoxy) is 2. The number of para-hydroxylation sites is 1. The molecule has 3 aromatic rings. The Bertz CT molecular complexity index is 1150. The van der Waals surface area contributed by atoms with E-state index in [1.54, 1.807) is 29.6 Å². The second kappa shape index (κ2) is 9.92. The average Bonchev–Trinajstić information content (AvgIpc) is 3.23. The summed E-state index contributed by atoms with van der Waals surface area (Å²) in [5, 5.41) is 23.3. The number of carbonyl (C=O) groups excluding carboxylic acids is 1. The van der Waals surface area contributed by atoms with Crippen LogP contribution in [0.5, 0.6) is 11.5 Å². The summed E-state index contributed by atoms with van der Waals surface area (Å²) in [7, 11) is 1.52. The van der Waals surface area contributed by atoms with Crippen molar-refractivity contribution in [1.82, 2.24) is 0 Å². The molecule has 2 aromatic carbocycles. The van der Waals surface area contributed by atoms with E-state index in [1.807, 2.05) is 42.5 Å². The van der Waals surface area contributed by atoms with Crippen LogP contribution in [0.3, 0.4) is 0 Å². The molecule has 1 N–H and O–H groups in total. The van der Waals surface area contributed by atoms with Gasteiger partial charge in [-0.15, -0.1) is 11.3 Å². The zero-order chi connectivity index (χ0) is 21.3. The molecule has 0 bridgehead atoms. The molecule has 0 unspecified atom stereocenters. The summed E-state index contributed by atoms with van der Waals surface area (Å²) in [6, 6.07) is 20.4. The minimum Gasteiger partial charge on any atom is -0.493 e. The molecule has 1 aromatic heterocycles. The highest BCUT2D eigenvalue weighted by molar-refractivity contribution is 7.14. The fourth-order valence-corrected chi connectivity index (χ4v) is 3.39. The predicted octanol–water partition coefficient (Wildman–Crippen LogP) is 4.75. The van der Waals surface area contributed by atoms with Gasteiger partial charge in [-0.25, -0.2) is 0 Å². The summed E-state index contributed by atoms with van der Waals surface area (Å²) in [4.78, 5) is 12.6. The Labute approximate surface area is 178 Å². The summed E-state index contributed by atoms with van der Waals surface area (Å²) >= 11 is 1.22. The first-order valence-electron chi connectivity index (χ1n) is 8.90. The van der Waals surface area contributed by atoms with Crippen LogP contribution in [0.2, 0.25) is 0 Å². The van der Waals surface area contributed by atoms with Crippen molar-refractivity contribution in [3.8, 4) is 23.6 Å². The highest BCUT2D eigenvalue weighted by atomic mass is 32.1. The molecule has 3 rings (SSSR count). The van der Waals surface area contributed by atoms with Crippen molar-refractivity contribution >= 4 is 28.3 Å². The Kier molecular flexibility index (Phi) is 6.83. The Morgan fingerprint density at radius 3 is 2.63 bits per heavy atom. The Hall–Kier alpha value is -4.07. The monoisotopic (exact) mass is 415 g/mol. The van der Waals surface area contributed by atoms with Crippen molar-refractivity contribution < 1.29 is 14.3 Å². The maximum absolute atomic E-state index is 12.6. The number of methoxy groups -OCH3 is 1. The Morgan fingerprint density at radius 1 is 1.13 bits per heavy atom. The lowest BCUT2D eigenvalue weighted by Crippen LogP contribution is -2.13. The van der Waals surface area contributed by atoms with Crippen molar-refractivity contribution in [2.75, 3.05) is 12.4 Å². The van der Waals surface area contributed by atoms with Gasteiger partial charge < -0.3 is 14.8 Å². The second-order valence-electron chi connectivity index (χ2n) is 6.05. The smallest absolute Gasteiger partial charge is 0.266 e. The molecular formula is C23H17N3O3S. The summed E-state index contributed by atoms with van der Waals surface area (Å²) in [6.45, 7) is 0.302. The number of rotatable bonds is 7. The van der Waals surface area contributed by atoms with E-state index in [0.29, 0.717) is 34.2 Å². The molecule has 7 heteroatoms. The number of nitrogens with one attached hydrogen (secondary N) is 1. The van der Waals surface area contributed by atoms with Crippen LogP contribution < -0.4 is 14.8 Å². The minimum absolute atomic E-state index is 0.120. The molecule has 0 aliphatic rings. The van der Waals surface area contributed by atoms with E-state index in [9.17, 15) is 10.1 Å². The largest absolute Gasteiger partial charge is 0.493 e. The van der Waals surface area contributed by atoms with Crippen LogP contribution in [0.1, 0.15) is 16.7 Å².